The standard InChI is InChI=1S/2C27H34O9.C16H15NO4.3Ac/c2*1-13-15(28)11-27(34)22(36-23(32)14-8-6-5-7-9-14)20-25(4,16(29)10-17-26(20,33)12-35-17)21(31)19(30)18(13)24(27,2)3;18-14(16(20)21)13(11-7-3-1-4-8-11)17-15(19)12-9-5-2-6-10-12;;;/h2*5-9,15-17,19-20,22,28-30,33-34H,10-12H2,1-4H3;1-10,13-14,18H,(H,17,19)(H,20,21);;;/t2*15?,16?,17?,19?,20?,22?,25-,26+,27?;;;;/m11..../s1. The Kier molecular flexibility index (Phi) is 25.2. The predicted molar refractivity (Wildman–Crippen MR) is 328 cm³/mol. The number of aliphatic hydroxyl groups is 11. The molecule has 4 saturated carbocycles. The number of hydrogen-bond donors (Lipinski definition) is 13. The summed E-state index contributed by atoms with van der Waals surface area (Å²) >= 11 is 0. The summed E-state index contributed by atoms with van der Waals surface area (Å²) in [6, 6.07) is 32.1. The quantitative estimate of drug-likeness (QED) is 0.0846. The molecule has 509 valence electrons. The van der Waals surface area contributed by atoms with E-state index in [1.54, 1.807) is 163 Å². The Bertz CT molecular complexity index is 3440. The number of carboxylic acids is 1. The molecule has 20 atom stereocenters. The Morgan fingerprint density at radius 3 is 1.16 bits per heavy atom. The number of carbonyl (C=O) groups is 6. The van der Waals surface area contributed by atoms with Crippen LogP contribution in [0.2, 0.25) is 0 Å². The van der Waals surface area contributed by atoms with E-state index < -0.39 is 164 Å². The average Bonchev–Trinajstić information content (AvgIpc) is 0.681. The summed E-state index contributed by atoms with van der Waals surface area (Å²) in [6.07, 6.45) is -15.9. The summed E-state index contributed by atoms with van der Waals surface area (Å²) in [4.78, 5) is 78.0. The van der Waals surface area contributed by atoms with Gasteiger partial charge >= 0.3 is 17.9 Å². The van der Waals surface area contributed by atoms with Crippen molar-refractivity contribution in [2.24, 2.45) is 33.5 Å². The predicted octanol–water partition coefficient (Wildman–Crippen LogP) is 2.63. The molecule has 4 bridgehead atoms. The van der Waals surface area contributed by atoms with Crippen molar-refractivity contribution in [3.8, 4) is 0 Å². The van der Waals surface area contributed by atoms with Gasteiger partial charge in [-0.25, -0.2) is 14.4 Å². The molecule has 6 fully saturated rings. The van der Waals surface area contributed by atoms with Gasteiger partial charge in [0.15, 0.2) is 17.7 Å². The number of amides is 1. The van der Waals surface area contributed by atoms with E-state index in [1.807, 2.05) is 0 Å². The summed E-state index contributed by atoms with van der Waals surface area (Å²) < 4.78 is 23.1. The molecule has 26 heteroatoms. The van der Waals surface area contributed by atoms with Crippen molar-refractivity contribution < 1.29 is 241 Å². The van der Waals surface area contributed by atoms with Crippen LogP contribution in [0.25, 0.3) is 0 Å². The van der Waals surface area contributed by atoms with Gasteiger partial charge in [-0.3, -0.25) is 14.4 Å². The smallest absolute Gasteiger partial charge is 0.338 e. The second-order valence-electron chi connectivity index (χ2n) is 27.8. The molecule has 96 heavy (non-hydrogen) atoms. The van der Waals surface area contributed by atoms with Crippen LogP contribution >= 0.6 is 0 Å². The Hall–Kier alpha value is -2.62. The molecule has 8 aliphatic rings. The van der Waals surface area contributed by atoms with Crippen LogP contribution in [0.15, 0.2) is 144 Å². The van der Waals surface area contributed by atoms with Crippen LogP contribution in [0, 0.1) is 166 Å². The zero-order valence-corrected chi connectivity index (χ0v) is 68.8. The van der Waals surface area contributed by atoms with Crippen LogP contribution in [0.1, 0.15) is 124 Å². The minimum absolute atomic E-state index is 0. The van der Waals surface area contributed by atoms with E-state index in [9.17, 15) is 84.9 Å². The third-order valence-corrected chi connectivity index (χ3v) is 22.3. The first-order chi connectivity index (χ1) is 43.5. The number of fused-ring (bicyclic) bond motifs is 10. The number of esters is 2. The summed E-state index contributed by atoms with van der Waals surface area (Å²) in [5.41, 5.74) is -11.5. The van der Waals surface area contributed by atoms with Crippen LogP contribution in [-0.2, 0) is 33.3 Å². The molecule has 13 N–H and O–H groups in total. The van der Waals surface area contributed by atoms with Crippen LogP contribution in [0.3, 0.4) is 0 Å². The molecule has 0 aromatic heterocycles. The maximum Gasteiger partial charge on any atom is 0.338 e. The van der Waals surface area contributed by atoms with E-state index in [0.717, 1.165) is 0 Å². The number of Topliss-reactive ketones (excluding diaryl/α,β-unsaturated/α-hetero) is 2. The number of carbonyl (C=O) groups excluding carboxylic acids is 5. The molecular weight excluding hydrogens is 1890 g/mol. The number of aliphatic carboxylic acids is 1. The molecule has 0 spiro atoms. The fourth-order valence-corrected chi connectivity index (χ4v) is 16.5. The topological polar surface area (TPSA) is 394 Å². The molecule has 4 aromatic rings. The molecular formula is C70H83Ac3NO22. The monoisotopic (exact) mass is 1970 g/mol. The number of nitrogens with one attached hydrogen (secondary N) is 1. The van der Waals surface area contributed by atoms with Gasteiger partial charge in [-0.1, -0.05) is 113 Å². The van der Waals surface area contributed by atoms with Gasteiger partial charge in [0, 0.05) is 186 Å². The van der Waals surface area contributed by atoms with Crippen molar-refractivity contribution in [3.05, 3.63) is 166 Å². The molecule has 2 heterocycles. The maximum atomic E-state index is 14.0. The molecule has 23 nitrogen and oxygen atoms in total. The van der Waals surface area contributed by atoms with Crippen molar-refractivity contribution in [1.82, 2.24) is 5.32 Å². The fraction of sp³-hybridized carbons (Fsp3) is 0.514. The summed E-state index contributed by atoms with van der Waals surface area (Å²) in [6.45, 7) is 12.1. The Morgan fingerprint density at radius 2 is 0.844 bits per heavy atom. The first-order valence-corrected chi connectivity index (χ1v) is 31.1. The van der Waals surface area contributed by atoms with Gasteiger partial charge in [0.25, 0.3) is 5.91 Å². The normalized spacial score (nSPS) is 37.0. The molecule has 2 saturated heterocycles. The number of benzene rings is 4. The maximum absolute atomic E-state index is 14.0. The zero-order chi connectivity index (χ0) is 68.1. The van der Waals surface area contributed by atoms with E-state index >= 15 is 0 Å². The fourth-order valence-electron chi connectivity index (χ4n) is 16.5. The van der Waals surface area contributed by atoms with E-state index in [2.05, 4.69) is 5.32 Å². The number of hydrogen-bond acceptors (Lipinski definition) is 21. The molecule has 6 aliphatic carbocycles. The van der Waals surface area contributed by atoms with Gasteiger partial charge in [-0.15, -0.1) is 0 Å². The first-order valence-electron chi connectivity index (χ1n) is 31.1. The number of ether oxygens (including phenoxy) is 4. The first kappa shape index (κ1) is 80.7. The molecule has 12 rings (SSSR count). The summed E-state index contributed by atoms with van der Waals surface area (Å²) in [5, 5.41) is 137. The van der Waals surface area contributed by atoms with Crippen molar-refractivity contribution in [1.29, 1.82) is 0 Å². The van der Waals surface area contributed by atoms with E-state index in [1.165, 1.54) is 13.8 Å². The SMILES string of the molecule is CC1=C2C(O)C(=O)[C@]3(C)C(O)CC4OC[C@@]4(O)C3C(OC(=O)c3ccccc3)C(O)(CC1O)C2(C)C.CC1=C2C(O)C(=O)[C@]3(C)C(O)CC4OC[C@@]4(O)C3C(OC(=O)c3ccccc3)C(O)(CC1O)C2(C)C.O=C(NC(c1ccccc1)C(O)C(=O)O)c1ccccc1.[Ac].[Ac].[Ac]. The third-order valence-electron chi connectivity index (χ3n) is 22.3. The second kappa shape index (κ2) is 30.0. The van der Waals surface area contributed by atoms with Crippen LogP contribution in [0.4, 0.5) is 0 Å². The average molecular weight is 1970 g/mol. The number of carboxylic acid groups (broad SMARTS) is 1. The van der Waals surface area contributed by atoms with Gasteiger partial charge in [0.1, 0.15) is 46.8 Å². The van der Waals surface area contributed by atoms with E-state index in [4.69, 9.17) is 24.1 Å². The zero-order valence-electron chi connectivity index (χ0n) is 54.6. The van der Waals surface area contributed by atoms with E-state index in [0.29, 0.717) is 22.3 Å². The summed E-state index contributed by atoms with van der Waals surface area (Å²) in [5.74, 6) is -7.61. The largest absolute Gasteiger partial charge is 0.479 e. The minimum atomic E-state index is -2.02. The van der Waals surface area contributed by atoms with Gasteiger partial charge < -0.3 is 85.5 Å². The van der Waals surface area contributed by atoms with Crippen molar-refractivity contribution >= 4 is 35.4 Å². The van der Waals surface area contributed by atoms with Crippen molar-refractivity contribution in [2.45, 2.75) is 177 Å². The second-order valence-corrected chi connectivity index (χ2v) is 27.8. The van der Waals surface area contributed by atoms with Crippen LogP contribution in [0.5, 0.6) is 0 Å². The van der Waals surface area contributed by atoms with E-state index in [-0.39, 0.29) is 193 Å². The number of ketones is 2. The molecule has 4 aromatic carbocycles. The Morgan fingerprint density at radius 1 is 0.521 bits per heavy atom. The third kappa shape index (κ3) is 13.2. The van der Waals surface area contributed by atoms with Crippen molar-refractivity contribution in [2.75, 3.05) is 13.2 Å². The van der Waals surface area contributed by atoms with Crippen LogP contribution < -0.4 is 5.32 Å². The Labute approximate surface area is 663 Å². The number of aliphatic hydroxyl groups excluding tert-OH is 7. The minimum Gasteiger partial charge on any atom is -0.479 e. The summed E-state index contributed by atoms with van der Waals surface area (Å²) in [7, 11) is 0. The van der Waals surface area contributed by atoms with Crippen LogP contribution in [-0.4, -0.2) is 199 Å². The van der Waals surface area contributed by atoms with Gasteiger partial charge in [0.05, 0.1) is 77.8 Å². The Balaban J connectivity index is 0.000000207. The number of rotatable bonds is 9. The van der Waals surface area contributed by atoms with Gasteiger partial charge in [-0.2, -0.15) is 0 Å². The molecule has 1 amide bonds. The molecule has 16 unspecified atom stereocenters. The molecule has 3 radical (unpaired) electrons. The molecule has 2 aliphatic heterocycles. The van der Waals surface area contributed by atoms with Crippen molar-refractivity contribution in [3.63, 3.8) is 0 Å². The van der Waals surface area contributed by atoms with Gasteiger partial charge in [-0.05, 0) is 91.9 Å². The van der Waals surface area contributed by atoms with Gasteiger partial charge in [0.2, 0.25) is 0 Å².